The van der Waals surface area contributed by atoms with Crippen molar-refractivity contribution < 1.29 is 29.7 Å². The van der Waals surface area contributed by atoms with Crippen molar-refractivity contribution in [3.63, 3.8) is 0 Å². The Hall–Kier alpha value is -3.67. The molecule has 2 aliphatic carbocycles. The van der Waals surface area contributed by atoms with Crippen LogP contribution in [0.1, 0.15) is 105 Å². The molecule has 0 aliphatic heterocycles. The molecule has 1 aromatic carbocycles. The first-order valence-electron chi connectivity index (χ1n) is 15.5. The average Bonchev–Trinajstić information content (AvgIpc) is 2.91. The number of aliphatic hydroxyl groups is 1. The highest BCUT2D eigenvalue weighted by Gasteiger charge is 2.72. The summed E-state index contributed by atoms with van der Waals surface area (Å²) in [6, 6.07) is 3.56. The van der Waals surface area contributed by atoms with E-state index in [-0.39, 0.29) is 42.4 Å². The molecule has 6 heteroatoms. The number of aromatic hydroxyl groups is 2. The van der Waals surface area contributed by atoms with E-state index in [9.17, 15) is 24.9 Å². The molecule has 0 spiro atoms. The minimum Gasteiger partial charge on any atom is -0.510 e. The number of carbonyl (C=O) groups is 3. The summed E-state index contributed by atoms with van der Waals surface area (Å²) in [4.78, 5) is 44.3. The third-order valence-corrected chi connectivity index (χ3v) is 10.0. The Morgan fingerprint density at radius 2 is 1.52 bits per heavy atom. The van der Waals surface area contributed by atoms with Crippen molar-refractivity contribution in [2.24, 2.45) is 28.1 Å². The summed E-state index contributed by atoms with van der Waals surface area (Å²) in [6.07, 6.45) is 7.90. The fourth-order valence-corrected chi connectivity index (χ4v) is 7.09. The van der Waals surface area contributed by atoms with Crippen LogP contribution in [0.15, 0.2) is 76.6 Å². The van der Waals surface area contributed by atoms with Crippen LogP contribution in [0.5, 0.6) is 11.5 Å². The van der Waals surface area contributed by atoms with Gasteiger partial charge in [0.05, 0.1) is 5.41 Å². The van der Waals surface area contributed by atoms with E-state index in [1.54, 1.807) is 0 Å². The van der Waals surface area contributed by atoms with Gasteiger partial charge in [-0.2, -0.15) is 0 Å². The van der Waals surface area contributed by atoms with E-state index in [2.05, 4.69) is 18.7 Å². The van der Waals surface area contributed by atoms with Crippen LogP contribution >= 0.6 is 0 Å². The van der Waals surface area contributed by atoms with Gasteiger partial charge < -0.3 is 15.3 Å². The highest BCUT2D eigenvalue weighted by atomic mass is 16.3. The molecule has 238 valence electrons. The van der Waals surface area contributed by atoms with Crippen LogP contribution in [0.4, 0.5) is 0 Å². The third kappa shape index (κ3) is 6.00. The average molecular weight is 603 g/mol. The van der Waals surface area contributed by atoms with Gasteiger partial charge in [0.1, 0.15) is 16.7 Å². The molecule has 44 heavy (non-hydrogen) atoms. The zero-order valence-electron chi connectivity index (χ0n) is 27.9. The Kier molecular flexibility index (Phi) is 10.1. The van der Waals surface area contributed by atoms with Crippen LogP contribution in [0.2, 0.25) is 0 Å². The molecule has 2 aliphatic rings. The summed E-state index contributed by atoms with van der Waals surface area (Å²) in [5, 5.41) is 32.3. The second-order valence-electron chi connectivity index (χ2n) is 14.3. The lowest BCUT2D eigenvalue weighted by atomic mass is 9.39. The Bertz CT molecular complexity index is 1490. The van der Waals surface area contributed by atoms with E-state index in [0.29, 0.717) is 12.8 Å². The van der Waals surface area contributed by atoms with Gasteiger partial charge in [0, 0.05) is 5.56 Å². The van der Waals surface area contributed by atoms with Crippen LogP contribution < -0.4 is 0 Å². The van der Waals surface area contributed by atoms with Crippen molar-refractivity contribution in [3.05, 3.63) is 82.2 Å². The molecular weight excluding hydrogens is 552 g/mol. The van der Waals surface area contributed by atoms with Crippen molar-refractivity contribution in [1.29, 1.82) is 0 Å². The van der Waals surface area contributed by atoms with Crippen LogP contribution in [0.25, 0.3) is 0 Å². The van der Waals surface area contributed by atoms with Gasteiger partial charge >= 0.3 is 0 Å². The topological polar surface area (TPSA) is 112 Å². The lowest BCUT2D eigenvalue weighted by Crippen LogP contribution is -2.67. The summed E-state index contributed by atoms with van der Waals surface area (Å²) in [5.41, 5.74) is -0.430. The lowest BCUT2D eigenvalue weighted by Gasteiger charge is -2.60. The number of ketones is 3. The SMILES string of the molecule is C=C(C)[C@@H](CC=C(C)C)C[C@@]12C[C@H](CC=C(C)C)C(C)(C)[C@@](CC=C(C)C)(C(=O)C(C(=O)c3ccc(O)c(O)c3)=C1O)C2=O. The molecule has 1 fully saturated rings. The minimum atomic E-state index is -1.62. The third-order valence-electron chi connectivity index (χ3n) is 10.0. The molecule has 0 aromatic heterocycles. The van der Waals surface area contributed by atoms with E-state index < -0.39 is 50.6 Å². The molecule has 3 N–H and O–H groups in total. The molecule has 0 unspecified atom stereocenters. The second-order valence-corrected chi connectivity index (χ2v) is 14.3. The van der Waals surface area contributed by atoms with Gasteiger partial charge in [-0.05, 0) is 116 Å². The van der Waals surface area contributed by atoms with Gasteiger partial charge in [-0.15, -0.1) is 0 Å². The van der Waals surface area contributed by atoms with E-state index in [1.165, 1.54) is 12.1 Å². The number of carbonyl (C=O) groups excluding carboxylic acids is 3. The first-order chi connectivity index (χ1) is 20.3. The zero-order chi connectivity index (χ0) is 33.4. The first kappa shape index (κ1) is 34.8. The maximum Gasteiger partial charge on any atom is 0.200 e. The van der Waals surface area contributed by atoms with Crippen molar-refractivity contribution in [3.8, 4) is 11.5 Å². The number of allylic oxidation sites excluding steroid dienone is 9. The predicted octanol–water partition coefficient (Wildman–Crippen LogP) is 8.91. The molecule has 1 saturated carbocycles. The smallest absolute Gasteiger partial charge is 0.200 e. The van der Waals surface area contributed by atoms with Gasteiger partial charge in [0.25, 0.3) is 0 Å². The summed E-state index contributed by atoms with van der Waals surface area (Å²) in [5.74, 6) is -3.57. The van der Waals surface area contributed by atoms with E-state index in [1.807, 2.05) is 68.4 Å². The van der Waals surface area contributed by atoms with Crippen LogP contribution in [0, 0.1) is 28.1 Å². The Balaban J connectivity index is 2.46. The Morgan fingerprint density at radius 1 is 0.932 bits per heavy atom. The normalized spacial score (nSPS) is 24.8. The Labute approximate surface area is 263 Å². The largest absolute Gasteiger partial charge is 0.510 e. The number of aliphatic hydroxyl groups excluding tert-OH is 1. The fourth-order valence-electron chi connectivity index (χ4n) is 7.09. The maximum atomic E-state index is 15.2. The highest BCUT2D eigenvalue weighted by molar-refractivity contribution is 6.35. The molecule has 6 nitrogen and oxygen atoms in total. The zero-order valence-corrected chi connectivity index (χ0v) is 27.9. The fraction of sp³-hybridized carbons (Fsp3) is 0.500. The van der Waals surface area contributed by atoms with E-state index in [0.717, 1.165) is 28.4 Å². The number of hydrogen-bond acceptors (Lipinski definition) is 6. The molecule has 4 atom stereocenters. The van der Waals surface area contributed by atoms with Crippen molar-refractivity contribution >= 4 is 17.3 Å². The summed E-state index contributed by atoms with van der Waals surface area (Å²) >= 11 is 0. The number of fused-ring (bicyclic) bond motifs is 2. The number of benzene rings is 1. The minimum absolute atomic E-state index is 0.0602. The van der Waals surface area contributed by atoms with Crippen molar-refractivity contribution in [2.75, 3.05) is 0 Å². The predicted molar refractivity (Wildman–Crippen MR) is 176 cm³/mol. The van der Waals surface area contributed by atoms with E-state index in [4.69, 9.17) is 0 Å². The Morgan fingerprint density at radius 3 is 2.05 bits per heavy atom. The molecule has 0 amide bonds. The number of Topliss-reactive ketones (excluding diaryl/α,β-unsaturated/α-hetero) is 3. The highest BCUT2D eigenvalue weighted by Crippen LogP contribution is 2.67. The van der Waals surface area contributed by atoms with Crippen LogP contribution in [0.3, 0.4) is 0 Å². The number of phenolic OH excluding ortho intramolecular Hbond substituents is 2. The lowest BCUT2D eigenvalue weighted by molar-refractivity contribution is -0.172. The first-order valence-corrected chi connectivity index (χ1v) is 15.5. The van der Waals surface area contributed by atoms with Gasteiger partial charge in [0.15, 0.2) is 28.8 Å². The van der Waals surface area contributed by atoms with Gasteiger partial charge in [-0.1, -0.05) is 60.9 Å². The molecule has 3 rings (SSSR count). The molecule has 2 bridgehead atoms. The number of hydrogen-bond donors (Lipinski definition) is 3. The molecule has 0 radical (unpaired) electrons. The number of rotatable bonds is 11. The quantitative estimate of drug-likeness (QED) is 0.0766. The van der Waals surface area contributed by atoms with Gasteiger partial charge in [-0.3, -0.25) is 14.4 Å². The van der Waals surface area contributed by atoms with Crippen molar-refractivity contribution in [2.45, 2.75) is 94.4 Å². The van der Waals surface area contributed by atoms with Gasteiger partial charge in [-0.25, -0.2) is 0 Å². The van der Waals surface area contributed by atoms with Crippen LogP contribution in [-0.2, 0) is 9.59 Å². The summed E-state index contributed by atoms with van der Waals surface area (Å²) < 4.78 is 0. The molecule has 1 aromatic rings. The summed E-state index contributed by atoms with van der Waals surface area (Å²) in [6.45, 7) is 21.9. The summed E-state index contributed by atoms with van der Waals surface area (Å²) in [7, 11) is 0. The number of phenols is 2. The van der Waals surface area contributed by atoms with Crippen molar-refractivity contribution in [1.82, 2.24) is 0 Å². The maximum absolute atomic E-state index is 15.2. The van der Waals surface area contributed by atoms with Gasteiger partial charge in [0.2, 0.25) is 0 Å². The molecular formula is C38H50O6. The van der Waals surface area contributed by atoms with Crippen LogP contribution in [-0.4, -0.2) is 32.7 Å². The van der Waals surface area contributed by atoms with E-state index >= 15 is 4.79 Å². The molecule has 0 saturated heterocycles. The second kappa shape index (κ2) is 12.7. The molecule has 0 heterocycles. The standard InChI is InChI=1S/C38H50O6/c1-22(2)11-13-27(25(7)8)20-37-21-28(15-12-23(3)4)36(9,10)38(35(37)44,18-17-24(5)6)34(43)31(33(37)42)32(41)26-14-16-29(39)30(40)19-26/h11-12,14,16-17,19,27-28,39-40,42H,7,13,15,18,20-21H2,1-6,8-10H3/t27-,28-,37+,38-/m0/s1. The monoisotopic (exact) mass is 602 g/mol.